The molecule has 0 saturated carbocycles. The maximum absolute atomic E-state index is 12.2. The Morgan fingerprint density at radius 2 is 1.83 bits per heavy atom. The minimum atomic E-state index is 0.216. The molecule has 1 aromatic carbocycles. The number of rotatable bonds is 7. The fourth-order valence-corrected chi connectivity index (χ4v) is 2.73. The van der Waals surface area contributed by atoms with Crippen molar-refractivity contribution in [2.45, 2.75) is 13.3 Å². The molecule has 0 unspecified atom stereocenters. The van der Waals surface area contributed by atoms with Gasteiger partial charge in [0.05, 0.1) is 14.2 Å². The first-order valence-corrected chi connectivity index (χ1v) is 8.14. The molecule has 2 rings (SSSR count). The van der Waals surface area contributed by atoms with Crippen molar-refractivity contribution in [3.05, 3.63) is 18.2 Å². The number of amides is 1. The van der Waals surface area contributed by atoms with Crippen molar-refractivity contribution in [1.82, 2.24) is 9.80 Å². The lowest BCUT2D eigenvalue weighted by Crippen LogP contribution is -2.48. The third-order valence-electron chi connectivity index (χ3n) is 4.22. The van der Waals surface area contributed by atoms with E-state index >= 15 is 0 Å². The van der Waals surface area contributed by atoms with Crippen LogP contribution in [0.2, 0.25) is 0 Å². The van der Waals surface area contributed by atoms with Crippen molar-refractivity contribution in [2.75, 3.05) is 58.8 Å². The maximum atomic E-state index is 12.2. The molecule has 6 nitrogen and oxygen atoms in total. The van der Waals surface area contributed by atoms with Gasteiger partial charge in [-0.05, 0) is 18.7 Å². The number of carbonyl (C=O) groups excluding carboxylic acids is 1. The van der Waals surface area contributed by atoms with Gasteiger partial charge in [-0.25, -0.2) is 0 Å². The SMILES string of the molecule is CCN1CCN(C(=O)CCNc2ccc(OC)c(OC)c2)CC1. The summed E-state index contributed by atoms with van der Waals surface area (Å²) < 4.78 is 10.5. The van der Waals surface area contributed by atoms with Crippen LogP contribution < -0.4 is 14.8 Å². The summed E-state index contributed by atoms with van der Waals surface area (Å²) in [6.45, 7) is 7.46. The van der Waals surface area contributed by atoms with Gasteiger partial charge >= 0.3 is 0 Å². The van der Waals surface area contributed by atoms with Crippen molar-refractivity contribution in [2.24, 2.45) is 0 Å². The predicted molar refractivity (Wildman–Crippen MR) is 91.3 cm³/mol. The first-order chi connectivity index (χ1) is 11.2. The molecular weight excluding hydrogens is 294 g/mol. The lowest BCUT2D eigenvalue weighted by molar-refractivity contribution is -0.132. The Labute approximate surface area is 138 Å². The Bertz CT molecular complexity index is 514. The zero-order valence-electron chi connectivity index (χ0n) is 14.3. The van der Waals surface area contributed by atoms with E-state index in [1.54, 1.807) is 14.2 Å². The Morgan fingerprint density at radius 3 is 2.43 bits per heavy atom. The fourth-order valence-electron chi connectivity index (χ4n) is 2.73. The van der Waals surface area contributed by atoms with Crippen LogP contribution in [0.3, 0.4) is 0 Å². The summed E-state index contributed by atoms with van der Waals surface area (Å²) in [6.07, 6.45) is 0.500. The van der Waals surface area contributed by atoms with Crippen LogP contribution in [-0.2, 0) is 4.79 Å². The third kappa shape index (κ3) is 4.76. The normalized spacial score (nSPS) is 15.3. The molecule has 0 atom stereocenters. The topological polar surface area (TPSA) is 54.0 Å². The lowest BCUT2D eigenvalue weighted by atomic mass is 10.2. The summed E-state index contributed by atoms with van der Waals surface area (Å²) in [5.74, 6) is 1.59. The highest BCUT2D eigenvalue weighted by Crippen LogP contribution is 2.29. The van der Waals surface area contributed by atoms with E-state index in [0.717, 1.165) is 38.4 Å². The Balaban J connectivity index is 1.77. The molecule has 128 valence electrons. The van der Waals surface area contributed by atoms with E-state index in [-0.39, 0.29) is 5.91 Å². The summed E-state index contributed by atoms with van der Waals surface area (Å²) in [5.41, 5.74) is 0.922. The largest absolute Gasteiger partial charge is 0.493 e. The molecule has 0 bridgehead atoms. The van der Waals surface area contributed by atoms with Crippen molar-refractivity contribution in [3.63, 3.8) is 0 Å². The van der Waals surface area contributed by atoms with E-state index in [4.69, 9.17) is 9.47 Å². The molecule has 1 aromatic rings. The molecule has 1 aliphatic heterocycles. The van der Waals surface area contributed by atoms with Crippen LogP contribution >= 0.6 is 0 Å². The van der Waals surface area contributed by atoms with E-state index in [1.807, 2.05) is 23.1 Å². The quantitative estimate of drug-likeness (QED) is 0.828. The number of hydrogen-bond acceptors (Lipinski definition) is 5. The van der Waals surface area contributed by atoms with E-state index in [1.165, 1.54) is 0 Å². The van der Waals surface area contributed by atoms with Gasteiger partial charge in [0.25, 0.3) is 0 Å². The van der Waals surface area contributed by atoms with Crippen LogP contribution in [-0.4, -0.2) is 69.2 Å². The van der Waals surface area contributed by atoms with Crippen molar-refractivity contribution < 1.29 is 14.3 Å². The van der Waals surface area contributed by atoms with Gasteiger partial charge in [0.2, 0.25) is 5.91 Å². The van der Waals surface area contributed by atoms with Crippen LogP contribution in [0.5, 0.6) is 11.5 Å². The molecule has 23 heavy (non-hydrogen) atoms. The Morgan fingerprint density at radius 1 is 1.13 bits per heavy atom. The Kier molecular flexibility index (Phi) is 6.52. The molecule has 0 radical (unpaired) electrons. The first-order valence-electron chi connectivity index (χ1n) is 8.14. The smallest absolute Gasteiger partial charge is 0.224 e. The molecule has 1 amide bonds. The standard InChI is InChI=1S/C17H27N3O3/c1-4-19-9-11-20(12-10-19)17(21)7-8-18-14-5-6-15(22-2)16(13-14)23-3/h5-6,13,18H,4,7-12H2,1-3H3. The summed E-state index contributed by atoms with van der Waals surface area (Å²) >= 11 is 0. The molecule has 1 saturated heterocycles. The number of hydrogen-bond donors (Lipinski definition) is 1. The van der Waals surface area contributed by atoms with Crippen LogP contribution in [0.1, 0.15) is 13.3 Å². The highest BCUT2D eigenvalue weighted by molar-refractivity contribution is 5.77. The second-order valence-electron chi connectivity index (χ2n) is 5.56. The second kappa shape index (κ2) is 8.62. The fraction of sp³-hybridized carbons (Fsp3) is 0.588. The highest BCUT2D eigenvalue weighted by Gasteiger charge is 2.19. The molecule has 1 fully saturated rings. The third-order valence-corrected chi connectivity index (χ3v) is 4.22. The van der Waals surface area contributed by atoms with Gasteiger partial charge in [-0.1, -0.05) is 6.92 Å². The maximum Gasteiger partial charge on any atom is 0.224 e. The van der Waals surface area contributed by atoms with Crippen molar-refractivity contribution in [1.29, 1.82) is 0 Å². The number of likely N-dealkylation sites (N-methyl/N-ethyl adjacent to an activating group) is 1. The van der Waals surface area contributed by atoms with Gasteiger partial charge in [-0.3, -0.25) is 4.79 Å². The van der Waals surface area contributed by atoms with Gasteiger partial charge in [0.15, 0.2) is 11.5 Å². The molecule has 1 aliphatic rings. The van der Waals surface area contributed by atoms with Crippen LogP contribution in [0.15, 0.2) is 18.2 Å². The molecule has 1 N–H and O–H groups in total. The summed E-state index contributed by atoms with van der Waals surface area (Å²) in [5, 5.41) is 3.27. The zero-order chi connectivity index (χ0) is 16.7. The monoisotopic (exact) mass is 321 g/mol. The molecule has 0 aliphatic carbocycles. The zero-order valence-corrected chi connectivity index (χ0v) is 14.3. The van der Waals surface area contributed by atoms with Gasteiger partial charge in [0, 0.05) is 50.9 Å². The number of nitrogens with zero attached hydrogens (tertiary/aromatic N) is 2. The molecule has 0 aromatic heterocycles. The predicted octanol–water partition coefficient (Wildman–Crippen LogP) is 1.67. The molecule has 1 heterocycles. The Hall–Kier alpha value is -1.95. The van der Waals surface area contributed by atoms with Gasteiger partial charge in [-0.15, -0.1) is 0 Å². The van der Waals surface area contributed by atoms with E-state index < -0.39 is 0 Å². The average molecular weight is 321 g/mol. The van der Waals surface area contributed by atoms with Gasteiger partial charge in [-0.2, -0.15) is 0 Å². The number of anilines is 1. The molecule has 0 spiro atoms. The average Bonchev–Trinajstić information content (AvgIpc) is 2.61. The molecule has 6 heteroatoms. The van der Waals surface area contributed by atoms with Crippen LogP contribution in [0.25, 0.3) is 0 Å². The first kappa shape index (κ1) is 17.4. The second-order valence-corrected chi connectivity index (χ2v) is 5.56. The van der Waals surface area contributed by atoms with Crippen molar-refractivity contribution in [3.8, 4) is 11.5 Å². The van der Waals surface area contributed by atoms with Crippen LogP contribution in [0, 0.1) is 0 Å². The number of piperazine rings is 1. The van der Waals surface area contributed by atoms with E-state index in [2.05, 4.69) is 17.1 Å². The summed E-state index contributed by atoms with van der Waals surface area (Å²) in [4.78, 5) is 16.6. The number of carbonyl (C=O) groups is 1. The van der Waals surface area contributed by atoms with E-state index in [0.29, 0.717) is 24.5 Å². The van der Waals surface area contributed by atoms with Crippen LogP contribution in [0.4, 0.5) is 5.69 Å². The van der Waals surface area contributed by atoms with Gasteiger partial charge < -0.3 is 24.6 Å². The van der Waals surface area contributed by atoms with Crippen molar-refractivity contribution >= 4 is 11.6 Å². The lowest BCUT2D eigenvalue weighted by Gasteiger charge is -2.34. The number of benzene rings is 1. The summed E-state index contributed by atoms with van der Waals surface area (Å²) in [6, 6.07) is 5.65. The molecular formula is C17H27N3O3. The number of ether oxygens (including phenoxy) is 2. The number of nitrogens with one attached hydrogen (secondary N) is 1. The van der Waals surface area contributed by atoms with Gasteiger partial charge in [0.1, 0.15) is 0 Å². The number of methoxy groups -OCH3 is 2. The highest BCUT2D eigenvalue weighted by atomic mass is 16.5. The minimum absolute atomic E-state index is 0.216. The van der Waals surface area contributed by atoms with E-state index in [9.17, 15) is 4.79 Å². The summed E-state index contributed by atoms with van der Waals surface area (Å²) in [7, 11) is 3.23. The minimum Gasteiger partial charge on any atom is -0.493 e.